The molecule has 1 aliphatic rings. The van der Waals surface area contributed by atoms with Gasteiger partial charge in [-0.3, -0.25) is 19.3 Å². The number of nitrogens with zero attached hydrogens (tertiary/aromatic N) is 3. The topological polar surface area (TPSA) is 97.0 Å². The number of primary amides is 1. The summed E-state index contributed by atoms with van der Waals surface area (Å²) < 4.78 is 1.60. The van der Waals surface area contributed by atoms with Gasteiger partial charge >= 0.3 is 0 Å². The molecule has 0 unspecified atom stereocenters. The van der Waals surface area contributed by atoms with Crippen LogP contribution in [0.15, 0.2) is 53.5 Å². The number of carbonyl (C=O) groups excluding carboxylic acids is 1. The number of amides is 1. The van der Waals surface area contributed by atoms with Crippen LogP contribution >= 0.6 is 0 Å². The Labute approximate surface area is 143 Å². The molecule has 0 saturated carbocycles. The van der Waals surface area contributed by atoms with Crippen LogP contribution in [-0.4, -0.2) is 27.2 Å². The van der Waals surface area contributed by atoms with Crippen molar-refractivity contribution in [1.82, 2.24) is 14.8 Å². The summed E-state index contributed by atoms with van der Waals surface area (Å²) in [6.07, 6.45) is 2.52. The molecule has 7 heteroatoms. The van der Waals surface area contributed by atoms with Gasteiger partial charge in [0.15, 0.2) is 5.69 Å². The van der Waals surface area contributed by atoms with Gasteiger partial charge in [-0.05, 0) is 30.3 Å². The second-order valence-electron chi connectivity index (χ2n) is 5.99. The maximum atomic E-state index is 11.9. The molecule has 3 heterocycles. The number of rotatable bonds is 3. The van der Waals surface area contributed by atoms with E-state index in [0.717, 1.165) is 35.6 Å². The molecule has 0 fully saturated rings. The molecule has 0 saturated heterocycles. The van der Waals surface area contributed by atoms with Crippen LogP contribution in [0.5, 0.6) is 0 Å². The second-order valence-corrected chi connectivity index (χ2v) is 5.99. The normalized spacial score (nSPS) is 13.5. The van der Waals surface area contributed by atoms with E-state index in [2.05, 4.69) is 15.1 Å². The summed E-state index contributed by atoms with van der Waals surface area (Å²) in [5.74, 6) is -0.516. The summed E-state index contributed by atoms with van der Waals surface area (Å²) in [4.78, 5) is 25.6. The Bertz CT molecular complexity index is 987. The summed E-state index contributed by atoms with van der Waals surface area (Å²) in [6, 6.07) is 12.9. The van der Waals surface area contributed by atoms with E-state index >= 15 is 0 Å². The molecule has 0 spiro atoms. The molecule has 1 aliphatic heterocycles. The van der Waals surface area contributed by atoms with Crippen molar-refractivity contribution in [2.45, 2.75) is 13.0 Å². The number of nitrogens with one attached hydrogen (secondary N) is 1. The smallest absolute Gasteiger partial charge is 0.269 e. The fourth-order valence-corrected chi connectivity index (χ4v) is 3.18. The maximum Gasteiger partial charge on any atom is 0.269 e. The lowest BCUT2D eigenvalue weighted by molar-refractivity contribution is 0.0994. The first-order chi connectivity index (χ1) is 12.1. The molecule has 3 aromatic rings. The van der Waals surface area contributed by atoms with Crippen LogP contribution in [0.3, 0.4) is 0 Å². The van der Waals surface area contributed by atoms with Crippen molar-refractivity contribution in [3.05, 3.63) is 76.0 Å². The number of aromatic amines is 1. The van der Waals surface area contributed by atoms with Crippen LogP contribution in [-0.2, 0) is 13.0 Å². The fraction of sp³-hybridized carbons (Fsp3) is 0.167. The van der Waals surface area contributed by atoms with Crippen molar-refractivity contribution >= 4 is 11.6 Å². The molecule has 0 radical (unpaired) electrons. The van der Waals surface area contributed by atoms with Crippen LogP contribution in [0.25, 0.3) is 5.69 Å². The highest BCUT2D eigenvalue weighted by molar-refractivity contribution is 5.92. The Balaban J connectivity index is 1.61. The van der Waals surface area contributed by atoms with Gasteiger partial charge in [0.2, 0.25) is 0 Å². The monoisotopic (exact) mass is 335 g/mol. The molecule has 7 nitrogen and oxygen atoms in total. The minimum Gasteiger partial charge on any atom is -0.367 e. The van der Waals surface area contributed by atoms with Gasteiger partial charge in [0.1, 0.15) is 0 Å². The van der Waals surface area contributed by atoms with Crippen LogP contribution < -0.4 is 16.2 Å². The molecule has 1 aromatic carbocycles. The quantitative estimate of drug-likeness (QED) is 0.752. The zero-order chi connectivity index (χ0) is 17.4. The maximum absolute atomic E-state index is 11.9. The molecule has 3 N–H and O–H groups in total. The Hall–Kier alpha value is -3.35. The Morgan fingerprint density at radius 2 is 1.88 bits per heavy atom. The standard InChI is InChI=1S/C18H17N5O2/c19-18(25)17-14-11-22(10-8-15(14)20-21-17)12-4-6-13(7-5-12)23-9-2-1-3-16(23)24/h1-7,9H,8,10-11H2,(H2,19,25)(H,20,21). The van der Waals surface area contributed by atoms with Crippen molar-refractivity contribution in [3.8, 4) is 5.69 Å². The van der Waals surface area contributed by atoms with Gasteiger partial charge in [-0.2, -0.15) is 5.10 Å². The van der Waals surface area contributed by atoms with Crippen molar-refractivity contribution < 1.29 is 4.79 Å². The van der Waals surface area contributed by atoms with Gasteiger partial charge in [-0.25, -0.2) is 0 Å². The molecular weight excluding hydrogens is 318 g/mol. The number of aromatic nitrogens is 3. The van der Waals surface area contributed by atoms with Crippen LogP contribution in [0, 0.1) is 0 Å². The molecule has 0 aliphatic carbocycles. The molecular formula is C18H17N5O2. The van der Waals surface area contributed by atoms with E-state index in [-0.39, 0.29) is 5.56 Å². The first-order valence-electron chi connectivity index (χ1n) is 8.02. The van der Waals surface area contributed by atoms with Gasteiger partial charge in [0.25, 0.3) is 11.5 Å². The van der Waals surface area contributed by atoms with E-state index in [1.54, 1.807) is 16.8 Å². The Kier molecular flexibility index (Phi) is 3.61. The lowest BCUT2D eigenvalue weighted by Crippen LogP contribution is -2.31. The zero-order valence-electron chi connectivity index (χ0n) is 13.5. The third-order valence-electron chi connectivity index (χ3n) is 4.48. The molecule has 126 valence electrons. The largest absolute Gasteiger partial charge is 0.367 e. The minimum atomic E-state index is -0.516. The molecule has 0 bridgehead atoms. The molecule has 1 amide bonds. The van der Waals surface area contributed by atoms with E-state index in [9.17, 15) is 9.59 Å². The van der Waals surface area contributed by atoms with E-state index in [1.807, 2.05) is 30.3 Å². The van der Waals surface area contributed by atoms with Crippen LogP contribution in [0.2, 0.25) is 0 Å². The number of fused-ring (bicyclic) bond motifs is 1. The average molecular weight is 335 g/mol. The predicted molar refractivity (Wildman–Crippen MR) is 93.9 cm³/mol. The zero-order valence-corrected chi connectivity index (χ0v) is 13.5. The molecule has 4 rings (SSSR count). The summed E-state index contributed by atoms with van der Waals surface area (Å²) in [5.41, 5.74) is 9.31. The van der Waals surface area contributed by atoms with E-state index in [1.165, 1.54) is 6.07 Å². The van der Waals surface area contributed by atoms with Crippen molar-refractivity contribution in [2.75, 3.05) is 11.4 Å². The number of pyridine rings is 1. The molecule has 0 atom stereocenters. The third kappa shape index (κ3) is 2.69. The van der Waals surface area contributed by atoms with Gasteiger partial charge in [-0.1, -0.05) is 6.07 Å². The van der Waals surface area contributed by atoms with Crippen molar-refractivity contribution in [3.63, 3.8) is 0 Å². The fourth-order valence-electron chi connectivity index (χ4n) is 3.18. The van der Waals surface area contributed by atoms with Gasteiger partial charge < -0.3 is 10.6 Å². The number of nitrogens with two attached hydrogens (primary N) is 1. The summed E-state index contributed by atoms with van der Waals surface area (Å²) in [6.45, 7) is 1.40. The van der Waals surface area contributed by atoms with E-state index < -0.39 is 5.91 Å². The van der Waals surface area contributed by atoms with Gasteiger partial charge in [-0.15, -0.1) is 0 Å². The lowest BCUT2D eigenvalue weighted by atomic mass is 10.0. The second kappa shape index (κ2) is 5.94. The van der Waals surface area contributed by atoms with Crippen LogP contribution in [0.1, 0.15) is 21.7 Å². The number of carbonyl (C=O) groups is 1. The number of anilines is 1. The summed E-state index contributed by atoms with van der Waals surface area (Å²) in [5, 5.41) is 6.93. The highest BCUT2D eigenvalue weighted by atomic mass is 16.1. The van der Waals surface area contributed by atoms with Gasteiger partial charge in [0.05, 0.1) is 0 Å². The summed E-state index contributed by atoms with van der Waals surface area (Å²) in [7, 11) is 0. The van der Waals surface area contributed by atoms with Crippen LogP contribution in [0.4, 0.5) is 5.69 Å². The van der Waals surface area contributed by atoms with Crippen molar-refractivity contribution in [1.29, 1.82) is 0 Å². The average Bonchev–Trinajstić information content (AvgIpc) is 3.06. The SMILES string of the molecule is NC(=O)c1n[nH]c2c1CN(c1ccc(-n3ccccc3=O)cc1)CC2. The Morgan fingerprint density at radius 3 is 2.60 bits per heavy atom. The molecule has 2 aromatic heterocycles. The third-order valence-corrected chi connectivity index (χ3v) is 4.48. The molecule has 25 heavy (non-hydrogen) atoms. The first-order valence-corrected chi connectivity index (χ1v) is 8.02. The number of H-pyrrole nitrogens is 1. The minimum absolute atomic E-state index is 0.0673. The summed E-state index contributed by atoms with van der Waals surface area (Å²) >= 11 is 0. The highest BCUT2D eigenvalue weighted by Crippen LogP contribution is 2.26. The van der Waals surface area contributed by atoms with E-state index in [4.69, 9.17) is 5.73 Å². The number of hydrogen-bond acceptors (Lipinski definition) is 4. The Morgan fingerprint density at radius 1 is 1.12 bits per heavy atom. The first kappa shape index (κ1) is 15.2. The van der Waals surface area contributed by atoms with Gasteiger partial charge in [0, 0.05) is 54.4 Å². The van der Waals surface area contributed by atoms with E-state index in [0.29, 0.717) is 12.2 Å². The highest BCUT2D eigenvalue weighted by Gasteiger charge is 2.24. The predicted octanol–water partition coefficient (Wildman–Crippen LogP) is 1.22. The van der Waals surface area contributed by atoms with Crippen molar-refractivity contribution in [2.24, 2.45) is 5.73 Å². The number of benzene rings is 1. The number of hydrogen-bond donors (Lipinski definition) is 2. The lowest BCUT2D eigenvalue weighted by Gasteiger charge is -2.29.